The van der Waals surface area contributed by atoms with E-state index in [0.717, 1.165) is 5.56 Å². The van der Waals surface area contributed by atoms with Gasteiger partial charge in [0, 0.05) is 6.42 Å². The van der Waals surface area contributed by atoms with Crippen LogP contribution in [0.25, 0.3) is 0 Å². The smallest absolute Gasteiger partial charge is 0.243 e. The van der Waals surface area contributed by atoms with Crippen molar-refractivity contribution in [3.8, 4) is 0 Å². The number of primary amides is 2. The van der Waals surface area contributed by atoms with E-state index < -0.39 is 66.4 Å². The summed E-state index contributed by atoms with van der Waals surface area (Å²) in [6.45, 7) is 1.68. The zero-order valence-electron chi connectivity index (χ0n) is 23.5. The molecule has 0 aromatic heterocycles. The second-order valence-corrected chi connectivity index (χ2v) is 9.62. The summed E-state index contributed by atoms with van der Waals surface area (Å²) in [5, 5.41) is 13.2. The highest BCUT2D eigenvalue weighted by Gasteiger charge is 2.31. The van der Waals surface area contributed by atoms with Crippen LogP contribution in [-0.2, 0) is 35.2 Å². The number of likely N-dealkylation sites (N-methyl/N-ethyl adjacent to an activating group) is 1. The van der Waals surface area contributed by atoms with E-state index in [2.05, 4.69) is 26.6 Å². The second-order valence-electron chi connectivity index (χ2n) is 9.62. The molecule has 0 aliphatic rings. The van der Waals surface area contributed by atoms with Crippen molar-refractivity contribution in [2.75, 3.05) is 13.6 Å². The van der Waals surface area contributed by atoms with Gasteiger partial charge >= 0.3 is 0 Å². The van der Waals surface area contributed by atoms with Crippen LogP contribution in [0.3, 0.4) is 0 Å². The minimum Gasteiger partial charge on any atom is -0.370 e. The molecule has 0 fully saturated rings. The molecule has 0 bridgehead atoms. The number of hydrogen-bond donors (Lipinski definition) is 9. The summed E-state index contributed by atoms with van der Waals surface area (Å²) >= 11 is 0. The summed E-state index contributed by atoms with van der Waals surface area (Å²) in [4.78, 5) is 74.6. The zero-order chi connectivity index (χ0) is 30.9. The molecule has 15 heteroatoms. The SMILES string of the molecule is CN[C@@H](Cc1ccccc1)C(=O)N[C@@H](CCC(N)=O)C(=O)N[C@@H](CC(N)=O)C(=O)N[C@@H](CCCNC(N)N)C(C)=O. The first-order valence-electron chi connectivity index (χ1n) is 13.3. The molecule has 0 heterocycles. The number of carbonyl (C=O) groups is 6. The van der Waals surface area contributed by atoms with Crippen molar-refractivity contribution in [3.63, 3.8) is 0 Å². The Bertz CT molecular complexity index is 1040. The maximum atomic E-state index is 13.2. The predicted octanol–water partition coefficient (Wildman–Crippen LogP) is -3.43. The third-order valence-electron chi connectivity index (χ3n) is 6.16. The van der Waals surface area contributed by atoms with Crippen molar-refractivity contribution in [1.82, 2.24) is 26.6 Å². The number of rotatable bonds is 20. The Morgan fingerprint density at radius 1 is 0.756 bits per heavy atom. The largest absolute Gasteiger partial charge is 0.370 e. The lowest BCUT2D eigenvalue weighted by molar-refractivity contribution is -0.135. The number of Topliss-reactive ketones (excluding diaryl/α,β-unsaturated/α-hetero) is 1. The topological polar surface area (TPSA) is 267 Å². The molecule has 0 radical (unpaired) electrons. The Morgan fingerprint density at radius 2 is 1.32 bits per heavy atom. The highest BCUT2D eigenvalue weighted by atomic mass is 16.2. The van der Waals surface area contributed by atoms with Crippen LogP contribution in [0.4, 0.5) is 0 Å². The number of nitrogens with one attached hydrogen (secondary N) is 5. The van der Waals surface area contributed by atoms with Crippen LogP contribution in [0.2, 0.25) is 0 Å². The molecule has 0 spiro atoms. The van der Waals surface area contributed by atoms with Gasteiger partial charge in [-0.3, -0.25) is 34.1 Å². The fourth-order valence-corrected chi connectivity index (χ4v) is 3.91. The Labute approximate surface area is 239 Å². The highest BCUT2D eigenvalue weighted by Crippen LogP contribution is 2.07. The van der Waals surface area contributed by atoms with Crippen molar-refractivity contribution in [3.05, 3.63) is 35.9 Å². The molecule has 15 nitrogen and oxygen atoms in total. The lowest BCUT2D eigenvalue weighted by atomic mass is 10.0. The molecule has 4 atom stereocenters. The Balaban J connectivity index is 3.01. The van der Waals surface area contributed by atoms with E-state index in [4.69, 9.17) is 22.9 Å². The summed E-state index contributed by atoms with van der Waals surface area (Å²) in [7, 11) is 1.59. The second kappa shape index (κ2) is 18.4. The van der Waals surface area contributed by atoms with E-state index in [-0.39, 0.29) is 25.0 Å². The van der Waals surface area contributed by atoms with Gasteiger partial charge in [-0.1, -0.05) is 30.3 Å². The fraction of sp³-hybridized carbons (Fsp3) is 0.538. The summed E-state index contributed by atoms with van der Waals surface area (Å²) < 4.78 is 0. The molecule has 5 amide bonds. The molecule has 13 N–H and O–H groups in total. The first-order valence-corrected chi connectivity index (χ1v) is 13.3. The minimum absolute atomic E-state index is 0.161. The van der Waals surface area contributed by atoms with Crippen molar-refractivity contribution in [2.45, 2.75) is 75.9 Å². The van der Waals surface area contributed by atoms with Gasteiger partial charge < -0.3 is 44.2 Å². The van der Waals surface area contributed by atoms with Gasteiger partial charge in [0.05, 0.1) is 18.5 Å². The van der Waals surface area contributed by atoms with Crippen LogP contribution >= 0.6 is 0 Å². The van der Waals surface area contributed by atoms with Crippen molar-refractivity contribution in [2.24, 2.45) is 22.9 Å². The van der Waals surface area contributed by atoms with Crippen molar-refractivity contribution in [1.29, 1.82) is 0 Å². The number of nitrogens with two attached hydrogens (primary N) is 4. The molecular weight excluding hydrogens is 534 g/mol. The van der Waals surface area contributed by atoms with Crippen LogP contribution in [0.15, 0.2) is 30.3 Å². The maximum absolute atomic E-state index is 13.2. The number of amides is 5. The number of hydrogen-bond acceptors (Lipinski definition) is 10. The molecule has 0 saturated carbocycles. The van der Waals surface area contributed by atoms with Gasteiger partial charge in [-0.25, -0.2) is 0 Å². The van der Waals surface area contributed by atoms with Crippen LogP contribution < -0.4 is 49.5 Å². The molecule has 0 unspecified atom stereocenters. The predicted molar refractivity (Wildman–Crippen MR) is 151 cm³/mol. The van der Waals surface area contributed by atoms with Gasteiger partial charge in [-0.15, -0.1) is 0 Å². The van der Waals surface area contributed by atoms with Gasteiger partial charge in [0.1, 0.15) is 18.4 Å². The third-order valence-corrected chi connectivity index (χ3v) is 6.16. The Morgan fingerprint density at radius 3 is 1.85 bits per heavy atom. The Hall–Kier alpha value is -3.92. The molecule has 1 aromatic rings. The van der Waals surface area contributed by atoms with E-state index in [1.807, 2.05) is 30.3 Å². The third kappa shape index (κ3) is 14.3. The monoisotopic (exact) mass is 577 g/mol. The minimum atomic E-state index is -1.45. The maximum Gasteiger partial charge on any atom is 0.243 e. The van der Waals surface area contributed by atoms with Crippen LogP contribution in [0.1, 0.15) is 44.6 Å². The molecule has 41 heavy (non-hydrogen) atoms. The van der Waals surface area contributed by atoms with Gasteiger partial charge in [0.25, 0.3) is 0 Å². The quantitative estimate of drug-likeness (QED) is 0.0547. The van der Waals surface area contributed by atoms with Crippen LogP contribution in [0, 0.1) is 0 Å². The van der Waals surface area contributed by atoms with E-state index in [1.54, 1.807) is 7.05 Å². The standard InChI is InChI=1S/C26H43N9O6/c1-15(36)17(9-6-12-32-26(29)30)33-25(41)20(14-22(28)38)35-23(39)18(10-11-21(27)37)34-24(40)19(31-2)13-16-7-4-3-5-8-16/h3-5,7-8,17-20,26,31-32H,6,9-14,29-30H2,1-2H3,(H2,27,37)(H2,28,38)(H,33,41)(H,34,40)(H,35,39)/t17-,18-,19-,20-/m0/s1. The summed E-state index contributed by atoms with van der Waals surface area (Å²) in [6, 6.07) is 4.85. The average molecular weight is 578 g/mol. The number of carbonyl (C=O) groups excluding carboxylic acids is 6. The normalized spacial score (nSPS) is 13.9. The number of benzene rings is 1. The fourth-order valence-electron chi connectivity index (χ4n) is 3.91. The zero-order valence-corrected chi connectivity index (χ0v) is 23.5. The van der Waals surface area contributed by atoms with Gasteiger partial charge in [-0.05, 0) is 51.8 Å². The lowest BCUT2D eigenvalue weighted by Crippen LogP contribution is -2.58. The van der Waals surface area contributed by atoms with Crippen molar-refractivity contribution < 1.29 is 28.8 Å². The average Bonchev–Trinajstić information content (AvgIpc) is 2.90. The molecule has 0 aliphatic heterocycles. The highest BCUT2D eigenvalue weighted by molar-refractivity contribution is 5.96. The summed E-state index contributed by atoms with van der Waals surface area (Å²) in [6.07, 6.45) is -0.705. The summed E-state index contributed by atoms with van der Waals surface area (Å²) in [5.74, 6) is -4.12. The van der Waals surface area contributed by atoms with Gasteiger partial charge in [0.15, 0.2) is 5.78 Å². The molecular formula is C26H43N9O6. The Kier molecular flexibility index (Phi) is 15.8. The van der Waals surface area contributed by atoms with Gasteiger partial charge in [-0.2, -0.15) is 0 Å². The van der Waals surface area contributed by atoms with E-state index in [0.29, 0.717) is 19.4 Å². The van der Waals surface area contributed by atoms with E-state index >= 15 is 0 Å². The molecule has 1 aromatic carbocycles. The molecule has 228 valence electrons. The van der Waals surface area contributed by atoms with Crippen LogP contribution in [-0.4, -0.2) is 79.4 Å². The van der Waals surface area contributed by atoms with Crippen LogP contribution in [0.5, 0.6) is 0 Å². The first kappa shape index (κ1) is 35.1. The van der Waals surface area contributed by atoms with Crippen molar-refractivity contribution >= 4 is 35.3 Å². The number of ketones is 1. The van der Waals surface area contributed by atoms with E-state index in [9.17, 15) is 28.8 Å². The first-order chi connectivity index (χ1) is 19.3. The molecule has 1 rings (SSSR count). The van der Waals surface area contributed by atoms with Gasteiger partial charge in [0.2, 0.25) is 29.5 Å². The lowest BCUT2D eigenvalue weighted by Gasteiger charge is -2.25. The summed E-state index contributed by atoms with van der Waals surface area (Å²) in [5.41, 5.74) is 22.3. The van der Waals surface area contributed by atoms with E-state index in [1.165, 1.54) is 6.92 Å². The molecule has 0 saturated heterocycles. The molecule has 0 aliphatic carbocycles.